The minimum atomic E-state index is -0.160. The van der Waals surface area contributed by atoms with Gasteiger partial charge in [0.15, 0.2) is 5.78 Å². The molecule has 0 amide bonds. The lowest BCUT2D eigenvalue weighted by atomic mass is 9.48. The van der Waals surface area contributed by atoms with E-state index in [0.717, 1.165) is 31.1 Å². The first kappa shape index (κ1) is 12.2. The lowest BCUT2D eigenvalue weighted by molar-refractivity contribution is -0.139. The monoisotopic (exact) mass is 412 g/mol. The Morgan fingerprint density at radius 3 is 2.12 bits per heavy atom. The molecule has 16 heavy (non-hydrogen) atoms. The maximum atomic E-state index is 12.4. The summed E-state index contributed by atoms with van der Waals surface area (Å²) in [5.41, 5.74) is -0.0365. The van der Waals surface area contributed by atoms with Crippen LogP contribution in [0.15, 0.2) is 0 Å². The molecule has 0 aromatic rings. The third-order valence-electron chi connectivity index (χ3n) is 4.71. The first-order valence-electron chi connectivity index (χ1n) is 5.94. The van der Waals surface area contributed by atoms with Gasteiger partial charge in [-0.1, -0.05) is 47.8 Å². The van der Waals surface area contributed by atoms with E-state index in [9.17, 15) is 4.79 Å². The summed E-state index contributed by atoms with van der Waals surface area (Å²) in [6.07, 6.45) is 7.24. The normalized spacial score (nSPS) is 50.0. The average molecular weight is 415 g/mol. The topological polar surface area (TPSA) is 17.1 Å². The van der Waals surface area contributed by atoms with E-state index in [4.69, 9.17) is 0 Å². The maximum Gasteiger partial charge on any atom is 0.163 e. The van der Waals surface area contributed by atoms with Gasteiger partial charge in [-0.25, -0.2) is 0 Å². The van der Waals surface area contributed by atoms with Crippen LogP contribution in [0.3, 0.4) is 0 Å². The summed E-state index contributed by atoms with van der Waals surface area (Å²) < 4.78 is 0.120. The second-order valence-corrected chi connectivity index (χ2v) is 10.8. The van der Waals surface area contributed by atoms with Crippen molar-refractivity contribution < 1.29 is 4.79 Å². The second kappa shape index (κ2) is 3.80. The fourth-order valence-electron chi connectivity index (χ4n) is 4.67. The SMILES string of the molecule is O=C(C(Br)Br)C12CC3CC(CC(Br)(C3)C1)C2. The Kier molecular flexibility index (Phi) is 2.89. The van der Waals surface area contributed by atoms with E-state index in [1.54, 1.807) is 0 Å². The van der Waals surface area contributed by atoms with Gasteiger partial charge in [0.05, 0.1) is 0 Å². The van der Waals surface area contributed by atoms with Crippen molar-refractivity contribution in [1.82, 2.24) is 0 Å². The van der Waals surface area contributed by atoms with Crippen molar-refractivity contribution in [1.29, 1.82) is 0 Å². The van der Waals surface area contributed by atoms with Crippen LogP contribution in [0.1, 0.15) is 38.5 Å². The van der Waals surface area contributed by atoms with E-state index in [0.29, 0.717) is 5.78 Å². The van der Waals surface area contributed by atoms with Gasteiger partial charge < -0.3 is 0 Å². The molecule has 0 spiro atoms. The molecule has 0 aliphatic heterocycles. The summed E-state index contributed by atoms with van der Waals surface area (Å²) in [4.78, 5) is 12.4. The van der Waals surface area contributed by atoms with Crippen molar-refractivity contribution in [3.05, 3.63) is 0 Å². The lowest BCUT2D eigenvalue weighted by Gasteiger charge is -2.59. The smallest absolute Gasteiger partial charge is 0.163 e. The van der Waals surface area contributed by atoms with Gasteiger partial charge in [0.2, 0.25) is 0 Å². The highest BCUT2D eigenvalue weighted by molar-refractivity contribution is 9.25. The summed E-state index contributed by atoms with van der Waals surface area (Å²) in [5.74, 6) is 1.94. The highest BCUT2D eigenvalue weighted by Crippen LogP contribution is 2.65. The Labute approximate surface area is 122 Å². The first-order valence-corrected chi connectivity index (χ1v) is 8.56. The zero-order chi connectivity index (χ0) is 11.6. The Bertz CT molecular complexity index is 325. The molecule has 4 fully saturated rings. The Balaban J connectivity index is 1.95. The first-order chi connectivity index (χ1) is 7.42. The number of carbonyl (C=O) groups excluding carboxylic acids is 1. The minimum absolute atomic E-state index is 0.0365. The van der Waals surface area contributed by atoms with Gasteiger partial charge in [-0.3, -0.25) is 4.79 Å². The van der Waals surface area contributed by atoms with Gasteiger partial charge >= 0.3 is 0 Å². The number of alkyl halides is 3. The largest absolute Gasteiger partial charge is 0.297 e. The van der Waals surface area contributed by atoms with Crippen molar-refractivity contribution in [2.75, 3.05) is 0 Å². The predicted molar refractivity (Wildman–Crippen MR) is 75.4 cm³/mol. The molecular weight excluding hydrogens is 400 g/mol. The molecule has 4 bridgehead atoms. The molecule has 90 valence electrons. The van der Waals surface area contributed by atoms with Crippen LogP contribution >= 0.6 is 47.8 Å². The molecule has 2 unspecified atom stereocenters. The van der Waals surface area contributed by atoms with Crippen LogP contribution in [0, 0.1) is 17.3 Å². The van der Waals surface area contributed by atoms with E-state index in [1.165, 1.54) is 19.3 Å². The van der Waals surface area contributed by atoms with E-state index in [2.05, 4.69) is 47.8 Å². The van der Waals surface area contributed by atoms with Gasteiger partial charge in [-0.15, -0.1) is 0 Å². The highest BCUT2D eigenvalue weighted by atomic mass is 79.9. The van der Waals surface area contributed by atoms with E-state index < -0.39 is 0 Å². The molecule has 4 heteroatoms. The van der Waals surface area contributed by atoms with Crippen molar-refractivity contribution in [2.45, 2.75) is 46.6 Å². The molecule has 0 saturated heterocycles. The van der Waals surface area contributed by atoms with Crippen molar-refractivity contribution in [2.24, 2.45) is 17.3 Å². The molecule has 4 rings (SSSR count). The Morgan fingerprint density at radius 2 is 1.69 bits per heavy atom. The summed E-state index contributed by atoms with van der Waals surface area (Å²) in [6, 6.07) is 0. The fraction of sp³-hybridized carbons (Fsp3) is 0.917. The lowest BCUT2D eigenvalue weighted by Crippen LogP contribution is -2.56. The number of hydrogen-bond donors (Lipinski definition) is 0. The van der Waals surface area contributed by atoms with Crippen LogP contribution in [-0.4, -0.2) is 13.8 Å². The number of hydrogen-bond acceptors (Lipinski definition) is 1. The number of rotatable bonds is 2. The zero-order valence-corrected chi connectivity index (χ0v) is 13.8. The molecule has 4 saturated carbocycles. The number of halogens is 3. The van der Waals surface area contributed by atoms with Crippen LogP contribution < -0.4 is 0 Å². The fourth-order valence-corrected chi connectivity index (χ4v) is 7.09. The number of ketones is 1. The van der Waals surface area contributed by atoms with Gasteiger partial charge in [0, 0.05) is 9.74 Å². The van der Waals surface area contributed by atoms with Crippen LogP contribution in [0.5, 0.6) is 0 Å². The third-order valence-corrected chi connectivity index (χ3v) is 6.47. The van der Waals surface area contributed by atoms with E-state index >= 15 is 0 Å². The summed E-state index contributed by atoms with van der Waals surface area (Å²) in [7, 11) is 0. The van der Waals surface area contributed by atoms with E-state index in [-0.39, 0.29) is 13.5 Å². The molecule has 1 nitrogen and oxygen atoms in total. The molecule has 0 aromatic heterocycles. The summed E-state index contributed by atoms with van der Waals surface area (Å²) in [6.45, 7) is 0. The molecular formula is C12H15Br3O. The molecule has 0 radical (unpaired) electrons. The van der Waals surface area contributed by atoms with Crippen LogP contribution in [0.25, 0.3) is 0 Å². The van der Waals surface area contributed by atoms with Crippen LogP contribution in [-0.2, 0) is 4.79 Å². The number of carbonyl (C=O) groups is 1. The van der Waals surface area contributed by atoms with Gasteiger partial charge in [-0.2, -0.15) is 0 Å². The van der Waals surface area contributed by atoms with Crippen molar-refractivity contribution in [3.8, 4) is 0 Å². The summed E-state index contributed by atoms with van der Waals surface area (Å²) >= 11 is 10.7. The Hall–Kier alpha value is 1.11. The molecule has 0 N–H and O–H groups in total. The van der Waals surface area contributed by atoms with Gasteiger partial charge in [0.1, 0.15) is 3.74 Å². The van der Waals surface area contributed by atoms with Crippen LogP contribution in [0.2, 0.25) is 0 Å². The average Bonchev–Trinajstić information content (AvgIpc) is 2.12. The zero-order valence-electron chi connectivity index (χ0n) is 9.02. The molecule has 0 aromatic carbocycles. The molecule has 4 aliphatic carbocycles. The molecule has 4 aliphatic rings. The van der Waals surface area contributed by atoms with Crippen LogP contribution in [0.4, 0.5) is 0 Å². The molecule has 2 atom stereocenters. The quantitative estimate of drug-likeness (QED) is 0.612. The number of Topliss-reactive ketones (excluding diaryl/α,β-unsaturated/α-hetero) is 1. The Morgan fingerprint density at radius 1 is 1.12 bits per heavy atom. The maximum absolute atomic E-state index is 12.4. The highest BCUT2D eigenvalue weighted by Gasteiger charge is 2.60. The summed E-state index contributed by atoms with van der Waals surface area (Å²) in [5, 5.41) is 0. The molecule has 0 heterocycles. The van der Waals surface area contributed by atoms with E-state index in [1.807, 2.05) is 0 Å². The standard InChI is InChI=1S/C12H15Br3O/c13-10(14)9(16)11-2-7-1-8(3-11)5-12(15,4-7)6-11/h7-8,10H,1-6H2. The van der Waals surface area contributed by atoms with Gasteiger partial charge in [-0.05, 0) is 50.4 Å². The third kappa shape index (κ3) is 1.78. The minimum Gasteiger partial charge on any atom is -0.297 e. The van der Waals surface area contributed by atoms with Crippen molar-refractivity contribution >= 4 is 53.6 Å². The predicted octanol–water partition coefficient (Wildman–Crippen LogP) is 4.41. The van der Waals surface area contributed by atoms with Crippen molar-refractivity contribution in [3.63, 3.8) is 0 Å². The second-order valence-electron chi connectivity index (χ2n) is 6.06. The van der Waals surface area contributed by atoms with Gasteiger partial charge in [0.25, 0.3) is 0 Å².